The first-order valence-electron chi connectivity index (χ1n) is 5.98. The minimum atomic E-state index is -0.230. The molecule has 3 N–H and O–H groups in total. The van der Waals surface area contributed by atoms with E-state index in [0.29, 0.717) is 17.8 Å². The molecule has 1 heterocycles. The van der Waals surface area contributed by atoms with Gasteiger partial charge in [0.25, 0.3) is 5.91 Å². The lowest BCUT2D eigenvalue weighted by molar-refractivity contribution is 0.0988. The van der Waals surface area contributed by atoms with Gasteiger partial charge in [0.05, 0.1) is 5.56 Å². The Morgan fingerprint density at radius 3 is 2.42 bits per heavy atom. The Balaban J connectivity index is 2.31. The zero-order valence-corrected chi connectivity index (χ0v) is 10.6. The monoisotopic (exact) mass is 257 g/mol. The van der Waals surface area contributed by atoms with Gasteiger partial charge < -0.3 is 15.6 Å². The Kier molecular flexibility index (Phi) is 3.66. The van der Waals surface area contributed by atoms with E-state index in [0.717, 1.165) is 5.69 Å². The molecule has 2 aromatic rings. The summed E-state index contributed by atoms with van der Waals surface area (Å²) >= 11 is 0. The maximum Gasteiger partial charge on any atom is 0.259 e. The zero-order valence-electron chi connectivity index (χ0n) is 10.6. The standard InChI is InChI=1S/C14H15N3O2/c1-2-17(12-6-4-11(15)5-7-12)14(19)10-3-8-13(18)16-9-10/h3-9H,2,15H2,1H3,(H,16,18). The van der Waals surface area contributed by atoms with Crippen LogP contribution in [0.15, 0.2) is 47.4 Å². The number of anilines is 2. The zero-order chi connectivity index (χ0) is 13.8. The van der Waals surface area contributed by atoms with E-state index in [2.05, 4.69) is 4.98 Å². The number of nitrogens with one attached hydrogen (secondary N) is 1. The summed E-state index contributed by atoms with van der Waals surface area (Å²) in [6.07, 6.45) is 1.42. The molecule has 0 bridgehead atoms. The van der Waals surface area contributed by atoms with Crippen LogP contribution in [-0.2, 0) is 0 Å². The van der Waals surface area contributed by atoms with Crippen LogP contribution in [0, 0.1) is 0 Å². The molecule has 5 heteroatoms. The van der Waals surface area contributed by atoms with Crippen molar-refractivity contribution in [3.63, 3.8) is 0 Å². The van der Waals surface area contributed by atoms with E-state index in [1.165, 1.54) is 18.3 Å². The minimum Gasteiger partial charge on any atom is -0.399 e. The van der Waals surface area contributed by atoms with E-state index in [4.69, 9.17) is 5.73 Å². The minimum absolute atomic E-state index is 0.163. The van der Waals surface area contributed by atoms with Crippen LogP contribution < -0.4 is 16.2 Å². The second kappa shape index (κ2) is 5.39. The molecule has 0 aliphatic heterocycles. The van der Waals surface area contributed by atoms with Crippen LogP contribution in [0.3, 0.4) is 0 Å². The molecule has 5 nitrogen and oxygen atoms in total. The topological polar surface area (TPSA) is 79.2 Å². The number of carbonyl (C=O) groups excluding carboxylic acids is 1. The highest BCUT2D eigenvalue weighted by Gasteiger charge is 2.15. The van der Waals surface area contributed by atoms with Crippen molar-refractivity contribution >= 4 is 17.3 Å². The highest BCUT2D eigenvalue weighted by Crippen LogP contribution is 2.18. The van der Waals surface area contributed by atoms with E-state index >= 15 is 0 Å². The van der Waals surface area contributed by atoms with Gasteiger partial charge >= 0.3 is 0 Å². The van der Waals surface area contributed by atoms with Gasteiger partial charge in [0, 0.05) is 30.2 Å². The first-order valence-corrected chi connectivity index (χ1v) is 5.98. The van der Waals surface area contributed by atoms with Gasteiger partial charge in [-0.25, -0.2) is 0 Å². The smallest absolute Gasteiger partial charge is 0.259 e. The molecular weight excluding hydrogens is 242 g/mol. The van der Waals surface area contributed by atoms with Crippen LogP contribution in [0.1, 0.15) is 17.3 Å². The van der Waals surface area contributed by atoms with Crippen LogP contribution >= 0.6 is 0 Å². The van der Waals surface area contributed by atoms with Crippen molar-refractivity contribution in [2.75, 3.05) is 17.2 Å². The molecule has 0 aliphatic rings. The van der Waals surface area contributed by atoms with Gasteiger partial charge in [-0.05, 0) is 37.3 Å². The maximum absolute atomic E-state index is 12.3. The number of amides is 1. The SMILES string of the molecule is CCN(C(=O)c1ccc(=O)[nH]c1)c1ccc(N)cc1. The highest BCUT2D eigenvalue weighted by atomic mass is 16.2. The number of hydrogen-bond acceptors (Lipinski definition) is 3. The number of H-pyrrole nitrogens is 1. The van der Waals surface area contributed by atoms with Crippen LogP contribution in [0.2, 0.25) is 0 Å². The average Bonchev–Trinajstić information content (AvgIpc) is 2.42. The number of rotatable bonds is 3. The molecule has 0 radical (unpaired) electrons. The molecule has 98 valence electrons. The summed E-state index contributed by atoms with van der Waals surface area (Å²) in [7, 11) is 0. The molecule has 0 saturated carbocycles. The van der Waals surface area contributed by atoms with Crippen LogP contribution in [0.25, 0.3) is 0 Å². The average molecular weight is 257 g/mol. The van der Waals surface area contributed by atoms with E-state index in [1.807, 2.05) is 6.92 Å². The van der Waals surface area contributed by atoms with Crippen molar-refractivity contribution in [2.24, 2.45) is 0 Å². The van der Waals surface area contributed by atoms with Crippen LogP contribution in [0.4, 0.5) is 11.4 Å². The Morgan fingerprint density at radius 1 is 1.21 bits per heavy atom. The molecule has 0 unspecified atom stereocenters. The lowest BCUT2D eigenvalue weighted by Gasteiger charge is -2.21. The molecule has 0 aliphatic carbocycles. The number of hydrogen-bond donors (Lipinski definition) is 2. The fraction of sp³-hybridized carbons (Fsp3) is 0.143. The Hall–Kier alpha value is -2.56. The number of carbonyl (C=O) groups is 1. The molecule has 1 aromatic heterocycles. The predicted molar refractivity (Wildman–Crippen MR) is 75.3 cm³/mol. The van der Waals surface area contributed by atoms with Gasteiger partial charge in [-0.15, -0.1) is 0 Å². The van der Waals surface area contributed by atoms with Crippen molar-refractivity contribution in [2.45, 2.75) is 6.92 Å². The molecule has 1 aromatic carbocycles. The molecule has 0 fully saturated rings. The lowest BCUT2D eigenvalue weighted by Crippen LogP contribution is -2.31. The van der Waals surface area contributed by atoms with E-state index < -0.39 is 0 Å². The van der Waals surface area contributed by atoms with E-state index in [1.54, 1.807) is 29.2 Å². The van der Waals surface area contributed by atoms with E-state index in [9.17, 15) is 9.59 Å². The summed E-state index contributed by atoms with van der Waals surface area (Å²) in [6.45, 7) is 2.42. The van der Waals surface area contributed by atoms with Gasteiger partial charge in [0.15, 0.2) is 0 Å². The van der Waals surface area contributed by atoms with Gasteiger partial charge in [0.2, 0.25) is 5.56 Å². The van der Waals surface area contributed by atoms with Crippen molar-refractivity contribution < 1.29 is 4.79 Å². The summed E-state index contributed by atoms with van der Waals surface area (Å²) in [6, 6.07) is 9.94. The van der Waals surface area contributed by atoms with Crippen LogP contribution in [0.5, 0.6) is 0 Å². The number of aromatic amines is 1. The molecule has 0 spiro atoms. The van der Waals surface area contributed by atoms with Crippen molar-refractivity contribution in [1.29, 1.82) is 0 Å². The van der Waals surface area contributed by atoms with Gasteiger partial charge in [0.1, 0.15) is 0 Å². The predicted octanol–water partition coefficient (Wildman–Crippen LogP) is 1.62. The summed E-state index contributed by atoms with van der Waals surface area (Å²) in [5, 5.41) is 0. The van der Waals surface area contributed by atoms with Gasteiger partial charge in [-0.2, -0.15) is 0 Å². The fourth-order valence-electron chi connectivity index (χ4n) is 1.80. The third kappa shape index (κ3) is 2.82. The number of nitrogen functional groups attached to an aromatic ring is 1. The molecule has 0 saturated heterocycles. The van der Waals surface area contributed by atoms with Crippen LogP contribution in [-0.4, -0.2) is 17.4 Å². The van der Waals surface area contributed by atoms with E-state index in [-0.39, 0.29) is 11.5 Å². The number of nitrogens with two attached hydrogens (primary N) is 1. The quantitative estimate of drug-likeness (QED) is 0.820. The summed E-state index contributed by atoms with van der Waals surface area (Å²) in [4.78, 5) is 27.5. The summed E-state index contributed by atoms with van der Waals surface area (Å²) < 4.78 is 0. The Labute approximate surface area is 110 Å². The number of pyridine rings is 1. The lowest BCUT2D eigenvalue weighted by atomic mass is 10.2. The summed E-state index contributed by atoms with van der Waals surface area (Å²) in [5.74, 6) is -0.163. The maximum atomic E-state index is 12.3. The molecule has 2 rings (SSSR count). The second-order valence-corrected chi connectivity index (χ2v) is 4.08. The fourth-order valence-corrected chi connectivity index (χ4v) is 1.80. The first-order chi connectivity index (χ1) is 9.11. The third-order valence-electron chi connectivity index (χ3n) is 2.80. The Bertz CT molecular complexity index is 611. The largest absolute Gasteiger partial charge is 0.399 e. The molecule has 19 heavy (non-hydrogen) atoms. The Morgan fingerprint density at radius 2 is 1.89 bits per heavy atom. The number of aromatic nitrogens is 1. The third-order valence-corrected chi connectivity index (χ3v) is 2.80. The number of nitrogens with zero attached hydrogens (tertiary/aromatic N) is 1. The summed E-state index contributed by atoms with van der Waals surface area (Å²) in [5.41, 5.74) is 7.26. The van der Waals surface area contributed by atoms with Crippen molar-refractivity contribution in [3.05, 3.63) is 58.5 Å². The molecule has 1 amide bonds. The second-order valence-electron chi connectivity index (χ2n) is 4.08. The normalized spacial score (nSPS) is 10.2. The van der Waals surface area contributed by atoms with Gasteiger partial charge in [-0.1, -0.05) is 0 Å². The number of benzene rings is 1. The molecular formula is C14H15N3O2. The van der Waals surface area contributed by atoms with Gasteiger partial charge in [-0.3, -0.25) is 9.59 Å². The first kappa shape index (κ1) is 12.9. The molecule has 0 atom stereocenters. The van der Waals surface area contributed by atoms with Crippen molar-refractivity contribution in [3.8, 4) is 0 Å². The van der Waals surface area contributed by atoms with Crippen molar-refractivity contribution in [1.82, 2.24) is 4.98 Å². The highest BCUT2D eigenvalue weighted by molar-refractivity contribution is 6.05.